The van der Waals surface area contributed by atoms with E-state index < -0.39 is 0 Å². The van der Waals surface area contributed by atoms with Gasteiger partial charge in [-0.25, -0.2) is 0 Å². The second kappa shape index (κ2) is 10.9. The number of ether oxygens (including phenoxy) is 1. The maximum absolute atomic E-state index is 5.72. The standard InChI is InChI=1S/C18H30O/c1-3-4-5-6-7-8-9-10-11-16-19-18-14-12-17(2)13-15-18/h12-15H,3-11,16H2,1-2H3. The number of aryl methyl sites for hydroxylation is 1. The molecule has 0 saturated carbocycles. The van der Waals surface area contributed by atoms with Crippen LogP contribution in [0, 0.1) is 6.92 Å². The molecule has 1 nitrogen and oxygen atoms in total. The summed E-state index contributed by atoms with van der Waals surface area (Å²) in [5.41, 5.74) is 1.29. The van der Waals surface area contributed by atoms with Crippen LogP contribution < -0.4 is 4.74 Å². The van der Waals surface area contributed by atoms with E-state index in [0.29, 0.717) is 0 Å². The first-order valence-electron chi connectivity index (χ1n) is 8.02. The summed E-state index contributed by atoms with van der Waals surface area (Å²) in [7, 11) is 0. The molecule has 1 aromatic carbocycles. The number of rotatable bonds is 11. The van der Waals surface area contributed by atoms with Gasteiger partial charge in [-0.3, -0.25) is 0 Å². The number of unbranched alkanes of at least 4 members (excludes halogenated alkanes) is 8. The van der Waals surface area contributed by atoms with E-state index >= 15 is 0 Å². The van der Waals surface area contributed by atoms with Crippen LogP contribution in [0.1, 0.15) is 70.3 Å². The molecule has 0 aromatic heterocycles. The van der Waals surface area contributed by atoms with Crippen LogP contribution in [0.2, 0.25) is 0 Å². The van der Waals surface area contributed by atoms with Crippen LogP contribution in [0.5, 0.6) is 5.75 Å². The van der Waals surface area contributed by atoms with Gasteiger partial charge in [-0.05, 0) is 25.5 Å². The predicted molar refractivity (Wildman–Crippen MR) is 83.9 cm³/mol. The molecule has 0 N–H and O–H groups in total. The molecule has 0 heterocycles. The van der Waals surface area contributed by atoms with Gasteiger partial charge in [0.25, 0.3) is 0 Å². The fourth-order valence-electron chi connectivity index (χ4n) is 2.24. The molecule has 0 spiro atoms. The first kappa shape index (κ1) is 16.1. The van der Waals surface area contributed by atoms with Gasteiger partial charge >= 0.3 is 0 Å². The fourth-order valence-corrected chi connectivity index (χ4v) is 2.24. The van der Waals surface area contributed by atoms with Crippen LogP contribution in [-0.4, -0.2) is 6.61 Å². The molecule has 1 rings (SSSR count). The fraction of sp³-hybridized carbons (Fsp3) is 0.667. The zero-order chi connectivity index (χ0) is 13.8. The third kappa shape index (κ3) is 8.69. The molecule has 0 saturated heterocycles. The molecule has 0 atom stereocenters. The molecular formula is C18H30O. The third-order valence-corrected chi connectivity index (χ3v) is 3.54. The monoisotopic (exact) mass is 262 g/mol. The molecule has 19 heavy (non-hydrogen) atoms. The van der Waals surface area contributed by atoms with Gasteiger partial charge in [-0.15, -0.1) is 0 Å². The molecule has 1 heteroatoms. The lowest BCUT2D eigenvalue weighted by molar-refractivity contribution is 0.304. The lowest BCUT2D eigenvalue weighted by Crippen LogP contribution is -1.97. The number of benzene rings is 1. The Kier molecular flexibility index (Phi) is 9.22. The van der Waals surface area contributed by atoms with Crippen LogP contribution in [-0.2, 0) is 0 Å². The van der Waals surface area contributed by atoms with E-state index in [1.807, 2.05) is 0 Å². The maximum Gasteiger partial charge on any atom is 0.119 e. The first-order valence-corrected chi connectivity index (χ1v) is 8.02. The smallest absolute Gasteiger partial charge is 0.119 e. The van der Waals surface area contributed by atoms with Gasteiger partial charge < -0.3 is 4.74 Å². The van der Waals surface area contributed by atoms with Crippen molar-refractivity contribution in [2.24, 2.45) is 0 Å². The second-order valence-corrected chi connectivity index (χ2v) is 5.49. The van der Waals surface area contributed by atoms with Crippen molar-refractivity contribution in [2.45, 2.75) is 71.6 Å². The summed E-state index contributed by atoms with van der Waals surface area (Å²) in [5, 5.41) is 0. The van der Waals surface area contributed by atoms with Gasteiger partial charge in [0.05, 0.1) is 6.61 Å². The van der Waals surface area contributed by atoms with Crippen LogP contribution in [0.3, 0.4) is 0 Å². The molecule has 0 aliphatic carbocycles. The number of hydrogen-bond acceptors (Lipinski definition) is 1. The first-order chi connectivity index (χ1) is 9.33. The lowest BCUT2D eigenvalue weighted by Gasteiger charge is -2.06. The van der Waals surface area contributed by atoms with E-state index in [0.717, 1.165) is 12.4 Å². The van der Waals surface area contributed by atoms with Crippen molar-refractivity contribution in [3.63, 3.8) is 0 Å². The van der Waals surface area contributed by atoms with Crippen LogP contribution in [0.4, 0.5) is 0 Å². The van der Waals surface area contributed by atoms with Crippen LogP contribution in [0.15, 0.2) is 24.3 Å². The number of hydrogen-bond donors (Lipinski definition) is 0. The Hall–Kier alpha value is -0.980. The highest BCUT2D eigenvalue weighted by Gasteiger charge is 1.94. The average Bonchev–Trinajstić information content (AvgIpc) is 2.43. The summed E-state index contributed by atoms with van der Waals surface area (Å²) >= 11 is 0. The Morgan fingerprint density at radius 3 is 1.84 bits per heavy atom. The Morgan fingerprint density at radius 1 is 0.737 bits per heavy atom. The van der Waals surface area contributed by atoms with Crippen molar-refractivity contribution >= 4 is 0 Å². The van der Waals surface area contributed by atoms with Gasteiger partial charge in [0.2, 0.25) is 0 Å². The van der Waals surface area contributed by atoms with Crippen molar-refractivity contribution < 1.29 is 4.74 Å². The summed E-state index contributed by atoms with van der Waals surface area (Å²) in [6.45, 7) is 5.23. The minimum atomic E-state index is 0.860. The van der Waals surface area contributed by atoms with Crippen molar-refractivity contribution in [1.29, 1.82) is 0 Å². The summed E-state index contributed by atoms with van der Waals surface area (Å²) in [5.74, 6) is 1.00. The molecule has 1 aromatic rings. The molecule has 0 amide bonds. The van der Waals surface area contributed by atoms with E-state index in [-0.39, 0.29) is 0 Å². The predicted octanol–water partition coefficient (Wildman–Crippen LogP) is 5.90. The molecule has 0 aliphatic heterocycles. The van der Waals surface area contributed by atoms with E-state index in [9.17, 15) is 0 Å². The summed E-state index contributed by atoms with van der Waals surface area (Å²) < 4.78 is 5.72. The van der Waals surface area contributed by atoms with Gasteiger partial charge in [0.15, 0.2) is 0 Å². The van der Waals surface area contributed by atoms with E-state index in [1.54, 1.807) is 0 Å². The molecule has 0 unspecified atom stereocenters. The summed E-state index contributed by atoms with van der Waals surface area (Å²) in [6, 6.07) is 8.32. The molecule has 108 valence electrons. The van der Waals surface area contributed by atoms with Crippen LogP contribution in [0.25, 0.3) is 0 Å². The Labute approximate surface area is 119 Å². The molecule has 0 radical (unpaired) electrons. The molecule has 0 aliphatic rings. The Bertz CT molecular complexity index is 302. The van der Waals surface area contributed by atoms with Crippen molar-refractivity contribution in [1.82, 2.24) is 0 Å². The zero-order valence-corrected chi connectivity index (χ0v) is 12.8. The van der Waals surface area contributed by atoms with E-state index in [1.165, 1.54) is 63.4 Å². The minimum Gasteiger partial charge on any atom is -0.494 e. The largest absolute Gasteiger partial charge is 0.494 e. The van der Waals surface area contributed by atoms with Crippen LogP contribution >= 0.6 is 0 Å². The topological polar surface area (TPSA) is 9.23 Å². The summed E-state index contributed by atoms with van der Waals surface area (Å²) in [4.78, 5) is 0. The highest BCUT2D eigenvalue weighted by molar-refractivity contribution is 5.26. The highest BCUT2D eigenvalue weighted by atomic mass is 16.5. The third-order valence-electron chi connectivity index (χ3n) is 3.54. The average molecular weight is 262 g/mol. The normalized spacial score (nSPS) is 10.6. The van der Waals surface area contributed by atoms with Gasteiger partial charge in [0, 0.05) is 0 Å². The molecular weight excluding hydrogens is 232 g/mol. The Morgan fingerprint density at radius 2 is 1.26 bits per heavy atom. The zero-order valence-electron chi connectivity index (χ0n) is 12.8. The second-order valence-electron chi connectivity index (χ2n) is 5.49. The summed E-state index contributed by atoms with van der Waals surface area (Å²) in [6.07, 6.45) is 12.3. The van der Waals surface area contributed by atoms with E-state index in [4.69, 9.17) is 4.74 Å². The molecule has 0 fully saturated rings. The van der Waals surface area contributed by atoms with E-state index in [2.05, 4.69) is 38.1 Å². The lowest BCUT2D eigenvalue weighted by atomic mass is 10.1. The van der Waals surface area contributed by atoms with Crippen molar-refractivity contribution in [3.8, 4) is 5.75 Å². The van der Waals surface area contributed by atoms with Gasteiger partial charge in [-0.1, -0.05) is 76.0 Å². The minimum absolute atomic E-state index is 0.860. The van der Waals surface area contributed by atoms with Gasteiger partial charge in [0.1, 0.15) is 5.75 Å². The van der Waals surface area contributed by atoms with Gasteiger partial charge in [-0.2, -0.15) is 0 Å². The quantitative estimate of drug-likeness (QED) is 0.451. The van der Waals surface area contributed by atoms with Crippen molar-refractivity contribution in [3.05, 3.63) is 29.8 Å². The van der Waals surface area contributed by atoms with Crippen molar-refractivity contribution in [2.75, 3.05) is 6.61 Å². The Balaban J connectivity index is 1.87. The maximum atomic E-state index is 5.72. The SMILES string of the molecule is CCCCCCCCCCCOc1ccc(C)cc1. The highest BCUT2D eigenvalue weighted by Crippen LogP contribution is 2.13. The molecule has 0 bridgehead atoms.